The van der Waals surface area contributed by atoms with Gasteiger partial charge in [0.05, 0.1) is 22.5 Å². The predicted octanol–water partition coefficient (Wildman–Crippen LogP) is 4.10. The lowest BCUT2D eigenvalue weighted by Gasteiger charge is -2.14. The molecule has 0 atom stereocenters. The van der Waals surface area contributed by atoms with Gasteiger partial charge >= 0.3 is 0 Å². The molecule has 20 heavy (non-hydrogen) atoms. The number of methoxy groups -OCH3 is 1. The average Bonchev–Trinajstić information content (AvgIpc) is 2.44. The lowest BCUT2D eigenvalue weighted by Crippen LogP contribution is -2.02. The van der Waals surface area contributed by atoms with E-state index < -0.39 is 0 Å². The number of nitrogen functional groups attached to an aromatic ring is 1. The van der Waals surface area contributed by atoms with Gasteiger partial charge in [0, 0.05) is 18.9 Å². The van der Waals surface area contributed by atoms with Gasteiger partial charge < -0.3 is 15.8 Å². The molecule has 0 unspecified atom stereocenters. The maximum absolute atomic E-state index is 13.4. The van der Waals surface area contributed by atoms with Gasteiger partial charge in [-0.1, -0.05) is 18.2 Å². The molecule has 0 aromatic heterocycles. The summed E-state index contributed by atoms with van der Waals surface area (Å²) in [6, 6.07) is 10.8. The average molecular weight is 339 g/mol. The van der Waals surface area contributed by atoms with Crippen LogP contribution in [-0.4, -0.2) is 13.7 Å². The SMILES string of the molecule is COCCc1ccccc1Nc1cc(Br)c(F)cc1N. The van der Waals surface area contributed by atoms with Crippen LogP contribution in [0.2, 0.25) is 0 Å². The molecule has 0 saturated heterocycles. The van der Waals surface area contributed by atoms with E-state index in [1.807, 2.05) is 24.3 Å². The zero-order valence-corrected chi connectivity index (χ0v) is 12.7. The standard InChI is InChI=1S/C15H16BrFN2O/c1-20-7-6-10-4-2-3-5-14(10)19-15-8-11(16)12(17)9-13(15)18/h2-5,8-9,19H,6-7,18H2,1H3. The molecule has 0 fully saturated rings. The minimum absolute atomic E-state index is 0.368. The normalized spacial score (nSPS) is 10.6. The summed E-state index contributed by atoms with van der Waals surface area (Å²) >= 11 is 3.16. The predicted molar refractivity (Wildman–Crippen MR) is 83.8 cm³/mol. The number of nitrogens with one attached hydrogen (secondary N) is 1. The highest BCUT2D eigenvalue weighted by Gasteiger charge is 2.08. The number of rotatable bonds is 5. The maximum atomic E-state index is 13.4. The Bertz CT molecular complexity index is 604. The molecule has 0 bridgehead atoms. The lowest BCUT2D eigenvalue weighted by atomic mass is 10.1. The second kappa shape index (κ2) is 6.72. The number of para-hydroxylation sites is 1. The number of hydrogen-bond acceptors (Lipinski definition) is 3. The molecule has 0 aliphatic rings. The van der Waals surface area contributed by atoms with E-state index in [1.54, 1.807) is 13.2 Å². The smallest absolute Gasteiger partial charge is 0.139 e. The zero-order chi connectivity index (χ0) is 14.5. The Morgan fingerprint density at radius 3 is 2.75 bits per heavy atom. The second-order valence-corrected chi connectivity index (χ2v) is 5.23. The summed E-state index contributed by atoms with van der Waals surface area (Å²) in [4.78, 5) is 0. The summed E-state index contributed by atoms with van der Waals surface area (Å²) in [6.45, 7) is 0.640. The first-order chi connectivity index (χ1) is 9.61. The first-order valence-electron chi connectivity index (χ1n) is 6.20. The second-order valence-electron chi connectivity index (χ2n) is 4.38. The Kier molecular flexibility index (Phi) is 4.98. The molecule has 0 aliphatic heterocycles. The molecule has 106 valence electrons. The van der Waals surface area contributed by atoms with Crippen LogP contribution in [0.3, 0.4) is 0 Å². The minimum Gasteiger partial charge on any atom is -0.397 e. The van der Waals surface area contributed by atoms with Crippen LogP contribution in [0.5, 0.6) is 0 Å². The molecular weight excluding hydrogens is 323 g/mol. The number of ether oxygens (including phenoxy) is 1. The van der Waals surface area contributed by atoms with Gasteiger partial charge in [0.15, 0.2) is 0 Å². The summed E-state index contributed by atoms with van der Waals surface area (Å²) in [5, 5.41) is 3.24. The number of halogens is 2. The van der Waals surface area contributed by atoms with Crippen LogP contribution in [0.25, 0.3) is 0 Å². The van der Waals surface area contributed by atoms with Crippen LogP contribution in [0, 0.1) is 5.82 Å². The number of hydrogen-bond donors (Lipinski definition) is 2. The van der Waals surface area contributed by atoms with Crippen molar-refractivity contribution in [2.45, 2.75) is 6.42 Å². The van der Waals surface area contributed by atoms with Crippen molar-refractivity contribution in [3.8, 4) is 0 Å². The third-order valence-electron chi connectivity index (χ3n) is 2.95. The van der Waals surface area contributed by atoms with Gasteiger partial charge in [-0.2, -0.15) is 0 Å². The van der Waals surface area contributed by atoms with Gasteiger partial charge in [0.2, 0.25) is 0 Å². The van der Waals surface area contributed by atoms with Crippen LogP contribution in [0.1, 0.15) is 5.56 Å². The van der Waals surface area contributed by atoms with Crippen molar-refractivity contribution in [3.63, 3.8) is 0 Å². The number of anilines is 3. The summed E-state index contributed by atoms with van der Waals surface area (Å²) in [7, 11) is 1.67. The Morgan fingerprint density at radius 2 is 2.00 bits per heavy atom. The molecule has 2 aromatic carbocycles. The molecule has 2 rings (SSSR count). The fourth-order valence-corrected chi connectivity index (χ4v) is 2.23. The van der Waals surface area contributed by atoms with Crippen LogP contribution in [0.4, 0.5) is 21.5 Å². The topological polar surface area (TPSA) is 47.3 Å². The molecule has 3 nitrogen and oxygen atoms in total. The third-order valence-corrected chi connectivity index (χ3v) is 3.56. The molecule has 0 aliphatic carbocycles. The molecule has 0 spiro atoms. The summed E-state index contributed by atoms with van der Waals surface area (Å²) in [6.07, 6.45) is 0.794. The molecule has 0 saturated carbocycles. The van der Waals surface area contributed by atoms with E-state index in [2.05, 4.69) is 21.2 Å². The zero-order valence-electron chi connectivity index (χ0n) is 11.1. The Hall–Kier alpha value is -1.59. The molecule has 2 aromatic rings. The Balaban J connectivity index is 2.28. The van der Waals surface area contributed by atoms with Crippen molar-refractivity contribution in [2.24, 2.45) is 0 Å². The first-order valence-corrected chi connectivity index (χ1v) is 6.99. The van der Waals surface area contributed by atoms with E-state index in [-0.39, 0.29) is 5.82 Å². The van der Waals surface area contributed by atoms with Gasteiger partial charge in [-0.3, -0.25) is 0 Å². The Morgan fingerprint density at radius 1 is 1.25 bits per heavy atom. The van der Waals surface area contributed by atoms with Crippen molar-refractivity contribution < 1.29 is 9.13 Å². The molecule has 0 radical (unpaired) electrons. The van der Waals surface area contributed by atoms with Gasteiger partial charge in [-0.05, 0) is 40.0 Å². The van der Waals surface area contributed by atoms with Crippen molar-refractivity contribution in [1.82, 2.24) is 0 Å². The van der Waals surface area contributed by atoms with E-state index >= 15 is 0 Å². The van der Waals surface area contributed by atoms with Crippen LogP contribution < -0.4 is 11.1 Å². The fourth-order valence-electron chi connectivity index (χ4n) is 1.89. The quantitative estimate of drug-likeness (QED) is 0.806. The minimum atomic E-state index is -0.374. The van der Waals surface area contributed by atoms with Gasteiger partial charge in [-0.15, -0.1) is 0 Å². The molecular formula is C15H16BrFN2O. The molecule has 5 heteroatoms. The lowest BCUT2D eigenvalue weighted by molar-refractivity contribution is 0.202. The highest BCUT2D eigenvalue weighted by molar-refractivity contribution is 9.10. The van der Waals surface area contributed by atoms with Crippen LogP contribution in [-0.2, 0) is 11.2 Å². The van der Waals surface area contributed by atoms with E-state index in [1.165, 1.54) is 6.07 Å². The first kappa shape index (κ1) is 14.8. The van der Waals surface area contributed by atoms with Crippen molar-refractivity contribution in [2.75, 3.05) is 24.8 Å². The summed E-state index contributed by atoms with van der Waals surface area (Å²) in [5.41, 5.74) is 8.94. The summed E-state index contributed by atoms with van der Waals surface area (Å²) < 4.78 is 18.9. The number of nitrogens with two attached hydrogens (primary N) is 1. The van der Waals surface area contributed by atoms with E-state index in [4.69, 9.17) is 10.5 Å². The van der Waals surface area contributed by atoms with Crippen LogP contribution >= 0.6 is 15.9 Å². The highest BCUT2D eigenvalue weighted by atomic mass is 79.9. The monoisotopic (exact) mass is 338 g/mol. The fraction of sp³-hybridized carbons (Fsp3) is 0.200. The largest absolute Gasteiger partial charge is 0.397 e. The molecule has 3 N–H and O–H groups in total. The maximum Gasteiger partial charge on any atom is 0.139 e. The van der Waals surface area contributed by atoms with E-state index in [9.17, 15) is 4.39 Å². The molecule has 0 amide bonds. The van der Waals surface area contributed by atoms with E-state index in [0.717, 1.165) is 17.7 Å². The van der Waals surface area contributed by atoms with Gasteiger partial charge in [0.25, 0.3) is 0 Å². The van der Waals surface area contributed by atoms with Crippen LogP contribution in [0.15, 0.2) is 40.9 Å². The van der Waals surface area contributed by atoms with E-state index in [0.29, 0.717) is 22.5 Å². The molecule has 0 heterocycles. The summed E-state index contributed by atoms with van der Waals surface area (Å²) in [5.74, 6) is -0.374. The highest BCUT2D eigenvalue weighted by Crippen LogP contribution is 2.30. The number of benzene rings is 2. The van der Waals surface area contributed by atoms with Gasteiger partial charge in [-0.25, -0.2) is 4.39 Å². The van der Waals surface area contributed by atoms with Crippen molar-refractivity contribution in [1.29, 1.82) is 0 Å². The van der Waals surface area contributed by atoms with Gasteiger partial charge in [0.1, 0.15) is 5.82 Å². The Labute approximate surface area is 126 Å². The van der Waals surface area contributed by atoms with Crippen molar-refractivity contribution in [3.05, 3.63) is 52.3 Å². The van der Waals surface area contributed by atoms with Crippen molar-refractivity contribution >= 4 is 33.0 Å². The third kappa shape index (κ3) is 3.49.